The molecule has 7 nitrogen and oxygen atoms in total. The number of rotatable bonds is 5. The number of oxazole rings is 1. The highest BCUT2D eigenvalue weighted by Gasteiger charge is 2.24. The zero-order valence-electron chi connectivity index (χ0n) is 14.7. The molecule has 25 heavy (non-hydrogen) atoms. The molecule has 8 heteroatoms. The third-order valence-electron chi connectivity index (χ3n) is 4.40. The first-order chi connectivity index (χ1) is 11.9. The van der Waals surface area contributed by atoms with Crippen molar-refractivity contribution in [1.29, 1.82) is 0 Å². The van der Waals surface area contributed by atoms with E-state index in [2.05, 4.69) is 9.88 Å². The monoisotopic (exact) mass is 365 g/mol. The Kier molecular flexibility index (Phi) is 5.12. The summed E-state index contributed by atoms with van der Waals surface area (Å²) in [6, 6.07) is 7.58. The topological polar surface area (TPSA) is 75.9 Å². The standard InChI is InChI=1S/C17H23N3O4S/c1-13-16(12-19-8-10-20(11-9-19)25(3,21)22)18-17(24-13)14-4-6-15(23-2)7-5-14/h4-7H,8-12H2,1-3H3. The van der Waals surface area contributed by atoms with Crippen molar-refractivity contribution in [2.45, 2.75) is 13.5 Å². The van der Waals surface area contributed by atoms with Gasteiger partial charge in [-0.05, 0) is 31.2 Å². The van der Waals surface area contributed by atoms with Crippen LogP contribution in [0.5, 0.6) is 5.75 Å². The second-order valence-corrected chi connectivity index (χ2v) is 8.17. The highest BCUT2D eigenvalue weighted by molar-refractivity contribution is 7.88. The summed E-state index contributed by atoms with van der Waals surface area (Å²) in [6.45, 7) is 4.97. The van der Waals surface area contributed by atoms with Gasteiger partial charge < -0.3 is 9.15 Å². The molecule has 136 valence electrons. The molecular weight excluding hydrogens is 342 g/mol. The summed E-state index contributed by atoms with van der Waals surface area (Å²) in [6.07, 6.45) is 1.26. The number of piperazine rings is 1. The van der Waals surface area contributed by atoms with Crippen LogP contribution >= 0.6 is 0 Å². The Balaban J connectivity index is 1.67. The van der Waals surface area contributed by atoms with Gasteiger partial charge in [-0.3, -0.25) is 4.90 Å². The molecule has 3 rings (SSSR count). The summed E-state index contributed by atoms with van der Waals surface area (Å²) >= 11 is 0. The van der Waals surface area contributed by atoms with Crippen molar-refractivity contribution in [2.24, 2.45) is 0 Å². The Hall–Kier alpha value is -1.90. The Morgan fingerprint density at radius 3 is 2.36 bits per heavy atom. The first kappa shape index (κ1) is 17.9. The number of nitrogens with zero attached hydrogens (tertiary/aromatic N) is 3. The molecule has 1 fully saturated rings. The minimum Gasteiger partial charge on any atom is -0.497 e. The highest BCUT2D eigenvalue weighted by Crippen LogP contribution is 2.25. The first-order valence-corrected chi connectivity index (χ1v) is 10.00. The zero-order chi connectivity index (χ0) is 18.0. The lowest BCUT2D eigenvalue weighted by Gasteiger charge is -2.32. The molecule has 1 saturated heterocycles. The Labute approximate surface area is 148 Å². The molecule has 2 heterocycles. The molecule has 0 bridgehead atoms. The molecule has 0 radical (unpaired) electrons. The van der Waals surface area contributed by atoms with Crippen LogP contribution in [-0.2, 0) is 16.6 Å². The maximum atomic E-state index is 11.6. The summed E-state index contributed by atoms with van der Waals surface area (Å²) in [5.41, 5.74) is 1.79. The molecule has 0 amide bonds. The van der Waals surface area contributed by atoms with Gasteiger partial charge in [-0.15, -0.1) is 0 Å². The summed E-state index contributed by atoms with van der Waals surface area (Å²) in [5, 5.41) is 0. The third-order valence-corrected chi connectivity index (χ3v) is 5.71. The van der Waals surface area contributed by atoms with Crippen molar-refractivity contribution in [3.63, 3.8) is 0 Å². The molecule has 0 aliphatic carbocycles. The Morgan fingerprint density at radius 1 is 1.16 bits per heavy atom. The van der Waals surface area contributed by atoms with Crippen molar-refractivity contribution in [2.75, 3.05) is 39.5 Å². The van der Waals surface area contributed by atoms with Crippen molar-refractivity contribution in [3.8, 4) is 17.2 Å². The maximum absolute atomic E-state index is 11.6. The lowest BCUT2D eigenvalue weighted by molar-refractivity contribution is 0.180. The van der Waals surface area contributed by atoms with Crippen LogP contribution in [0.15, 0.2) is 28.7 Å². The van der Waals surface area contributed by atoms with Gasteiger partial charge in [0.1, 0.15) is 11.5 Å². The number of aromatic nitrogens is 1. The quantitative estimate of drug-likeness (QED) is 0.803. The van der Waals surface area contributed by atoms with E-state index >= 15 is 0 Å². The number of ether oxygens (including phenoxy) is 1. The van der Waals surface area contributed by atoms with Crippen LogP contribution in [0.4, 0.5) is 0 Å². The molecule has 0 saturated carbocycles. The second kappa shape index (κ2) is 7.15. The normalized spacial score (nSPS) is 16.9. The van der Waals surface area contributed by atoms with E-state index < -0.39 is 10.0 Å². The number of sulfonamides is 1. The van der Waals surface area contributed by atoms with Crippen molar-refractivity contribution in [3.05, 3.63) is 35.7 Å². The number of hydrogen-bond acceptors (Lipinski definition) is 6. The van der Waals surface area contributed by atoms with Crippen molar-refractivity contribution in [1.82, 2.24) is 14.2 Å². The van der Waals surface area contributed by atoms with Crippen LogP contribution in [0.25, 0.3) is 11.5 Å². The number of hydrogen-bond donors (Lipinski definition) is 0. The fourth-order valence-corrected chi connectivity index (χ4v) is 3.69. The summed E-state index contributed by atoms with van der Waals surface area (Å²) < 4.78 is 35.6. The summed E-state index contributed by atoms with van der Waals surface area (Å²) in [4.78, 5) is 6.82. The van der Waals surface area contributed by atoms with Gasteiger partial charge in [-0.25, -0.2) is 13.4 Å². The minimum absolute atomic E-state index is 0.515. The molecule has 0 N–H and O–H groups in total. The molecule has 1 aromatic carbocycles. The van der Waals surface area contributed by atoms with E-state index in [1.165, 1.54) is 10.6 Å². The SMILES string of the molecule is COc1ccc(-c2nc(CN3CCN(S(C)(=O)=O)CC3)c(C)o2)cc1. The predicted molar refractivity (Wildman–Crippen MR) is 94.9 cm³/mol. The number of benzene rings is 1. The largest absolute Gasteiger partial charge is 0.497 e. The number of methoxy groups -OCH3 is 1. The predicted octanol–water partition coefficient (Wildman–Crippen LogP) is 1.74. The molecule has 1 aromatic heterocycles. The molecular formula is C17H23N3O4S. The smallest absolute Gasteiger partial charge is 0.226 e. The Morgan fingerprint density at radius 2 is 1.80 bits per heavy atom. The van der Waals surface area contributed by atoms with Gasteiger partial charge >= 0.3 is 0 Å². The highest BCUT2D eigenvalue weighted by atomic mass is 32.2. The lowest BCUT2D eigenvalue weighted by atomic mass is 10.2. The van der Waals surface area contributed by atoms with Crippen LogP contribution in [0, 0.1) is 6.92 Å². The van der Waals surface area contributed by atoms with Gasteiger partial charge in [-0.1, -0.05) is 0 Å². The maximum Gasteiger partial charge on any atom is 0.226 e. The van der Waals surface area contributed by atoms with E-state index in [1.807, 2.05) is 31.2 Å². The van der Waals surface area contributed by atoms with Crippen LogP contribution in [0.3, 0.4) is 0 Å². The second-order valence-electron chi connectivity index (χ2n) is 6.19. The van der Waals surface area contributed by atoms with Crippen LogP contribution in [-0.4, -0.2) is 62.2 Å². The molecule has 0 spiro atoms. The van der Waals surface area contributed by atoms with Gasteiger partial charge in [-0.2, -0.15) is 4.31 Å². The van der Waals surface area contributed by atoms with E-state index in [0.717, 1.165) is 22.8 Å². The molecule has 1 aliphatic heterocycles. The molecule has 0 unspecified atom stereocenters. The van der Waals surface area contributed by atoms with Gasteiger partial charge in [0.05, 0.1) is 19.1 Å². The zero-order valence-corrected chi connectivity index (χ0v) is 15.5. The van der Waals surface area contributed by atoms with Crippen LogP contribution in [0.1, 0.15) is 11.5 Å². The molecule has 0 atom stereocenters. The summed E-state index contributed by atoms with van der Waals surface area (Å²) in [7, 11) is -1.47. The van der Waals surface area contributed by atoms with E-state index in [-0.39, 0.29) is 0 Å². The molecule has 2 aromatic rings. The molecule has 1 aliphatic rings. The lowest BCUT2D eigenvalue weighted by Crippen LogP contribution is -2.47. The van der Waals surface area contributed by atoms with E-state index in [4.69, 9.17) is 9.15 Å². The van der Waals surface area contributed by atoms with Gasteiger partial charge in [0.15, 0.2) is 0 Å². The van der Waals surface area contributed by atoms with Gasteiger partial charge in [0.25, 0.3) is 0 Å². The third kappa shape index (κ3) is 4.20. The van der Waals surface area contributed by atoms with Crippen LogP contribution in [0.2, 0.25) is 0 Å². The van der Waals surface area contributed by atoms with E-state index in [0.29, 0.717) is 38.6 Å². The fraction of sp³-hybridized carbons (Fsp3) is 0.471. The Bertz CT molecular complexity index is 822. The number of aryl methyl sites for hydroxylation is 1. The summed E-state index contributed by atoms with van der Waals surface area (Å²) in [5.74, 6) is 2.16. The minimum atomic E-state index is -3.11. The van der Waals surface area contributed by atoms with Gasteiger partial charge in [0, 0.05) is 38.3 Å². The first-order valence-electron chi connectivity index (χ1n) is 8.15. The fourth-order valence-electron chi connectivity index (χ4n) is 2.86. The average molecular weight is 365 g/mol. The van der Waals surface area contributed by atoms with E-state index in [1.54, 1.807) is 7.11 Å². The van der Waals surface area contributed by atoms with Crippen molar-refractivity contribution < 1.29 is 17.6 Å². The van der Waals surface area contributed by atoms with Crippen LogP contribution < -0.4 is 4.74 Å². The average Bonchev–Trinajstić information content (AvgIpc) is 2.95. The van der Waals surface area contributed by atoms with E-state index in [9.17, 15) is 8.42 Å². The van der Waals surface area contributed by atoms with Gasteiger partial charge in [0.2, 0.25) is 15.9 Å². The van der Waals surface area contributed by atoms with Crippen molar-refractivity contribution >= 4 is 10.0 Å².